The van der Waals surface area contributed by atoms with Crippen LogP contribution in [0, 0.1) is 0 Å². The number of hydrogen-bond acceptors (Lipinski definition) is 6. The molecule has 1 aliphatic heterocycles. The number of thiazole rings is 1. The maximum Gasteiger partial charge on any atom is 0.416 e. The van der Waals surface area contributed by atoms with Crippen LogP contribution >= 0.6 is 11.3 Å². The van der Waals surface area contributed by atoms with E-state index in [2.05, 4.69) is 4.99 Å². The summed E-state index contributed by atoms with van der Waals surface area (Å²) in [6.45, 7) is 1.87. The number of fused-ring (bicyclic) bond motifs is 1. The molecule has 0 amide bonds. The fraction of sp³-hybridized carbons (Fsp3) is 0.179. The summed E-state index contributed by atoms with van der Waals surface area (Å²) in [4.78, 5) is 31.5. The van der Waals surface area contributed by atoms with Gasteiger partial charge in [-0.15, -0.1) is 0 Å². The van der Waals surface area contributed by atoms with Crippen molar-refractivity contribution in [1.82, 2.24) is 4.57 Å². The monoisotopic (exact) mass is 538 g/mol. The van der Waals surface area contributed by atoms with E-state index in [9.17, 15) is 22.8 Å². The second-order valence-electron chi connectivity index (χ2n) is 8.48. The third kappa shape index (κ3) is 4.63. The Morgan fingerprint density at radius 2 is 1.89 bits per heavy atom. The van der Waals surface area contributed by atoms with Crippen molar-refractivity contribution >= 4 is 23.4 Å². The average molecular weight is 539 g/mol. The number of ether oxygens (including phenoxy) is 1. The highest BCUT2D eigenvalue weighted by molar-refractivity contribution is 7.07. The SMILES string of the molecule is CCC1=C(C(=O)OC)[C@H](c2ccccc2)n2c(s/c(=C/c3ccc(-c4cccc(C(F)(F)F)c4)o3)c2=O)=N1. The summed E-state index contributed by atoms with van der Waals surface area (Å²) < 4.78 is 52.0. The molecule has 38 heavy (non-hydrogen) atoms. The van der Waals surface area contributed by atoms with Crippen LogP contribution in [0.25, 0.3) is 17.4 Å². The Hall–Kier alpha value is -4.18. The molecule has 0 saturated heterocycles. The predicted octanol–water partition coefficient (Wildman–Crippen LogP) is 5.08. The third-order valence-electron chi connectivity index (χ3n) is 6.14. The number of benzene rings is 2. The van der Waals surface area contributed by atoms with Crippen molar-refractivity contribution < 1.29 is 27.1 Å². The molecule has 0 unspecified atom stereocenters. The Balaban J connectivity index is 1.62. The lowest BCUT2D eigenvalue weighted by atomic mass is 9.95. The normalized spacial score (nSPS) is 15.8. The molecule has 0 fully saturated rings. The van der Waals surface area contributed by atoms with Crippen LogP contribution in [0.15, 0.2) is 92.2 Å². The van der Waals surface area contributed by atoms with Crippen molar-refractivity contribution in [2.45, 2.75) is 25.6 Å². The summed E-state index contributed by atoms with van der Waals surface area (Å²) in [6.07, 6.45) is -2.50. The highest BCUT2D eigenvalue weighted by atomic mass is 32.1. The van der Waals surface area contributed by atoms with Crippen molar-refractivity contribution in [1.29, 1.82) is 0 Å². The van der Waals surface area contributed by atoms with E-state index in [0.29, 0.717) is 32.8 Å². The van der Waals surface area contributed by atoms with Gasteiger partial charge >= 0.3 is 12.1 Å². The number of halogens is 3. The summed E-state index contributed by atoms with van der Waals surface area (Å²) in [5.74, 6) is -0.0362. The topological polar surface area (TPSA) is 73.8 Å². The molecule has 5 rings (SSSR count). The van der Waals surface area contributed by atoms with Gasteiger partial charge in [0.25, 0.3) is 5.56 Å². The van der Waals surface area contributed by atoms with Gasteiger partial charge in [-0.1, -0.05) is 60.7 Å². The number of furan rings is 1. The Morgan fingerprint density at radius 3 is 2.58 bits per heavy atom. The number of methoxy groups -OCH3 is 1. The fourth-order valence-corrected chi connectivity index (χ4v) is 5.38. The van der Waals surface area contributed by atoms with Crippen LogP contribution in [0.2, 0.25) is 0 Å². The molecule has 0 saturated carbocycles. The zero-order chi connectivity index (χ0) is 27.0. The van der Waals surface area contributed by atoms with E-state index >= 15 is 0 Å². The van der Waals surface area contributed by atoms with E-state index in [1.54, 1.807) is 12.1 Å². The van der Waals surface area contributed by atoms with Crippen molar-refractivity contribution in [3.8, 4) is 11.3 Å². The predicted molar refractivity (Wildman–Crippen MR) is 136 cm³/mol. The van der Waals surface area contributed by atoms with E-state index < -0.39 is 23.8 Å². The molecule has 4 aromatic rings. The largest absolute Gasteiger partial charge is 0.466 e. The molecule has 194 valence electrons. The van der Waals surface area contributed by atoms with E-state index in [4.69, 9.17) is 9.15 Å². The summed E-state index contributed by atoms with van der Waals surface area (Å²) in [5, 5.41) is 0. The summed E-state index contributed by atoms with van der Waals surface area (Å²) in [6, 6.07) is 16.4. The first-order chi connectivity index (χ1) is 18.2. The van der Waals surface area contributed by atoms with Gasteiger partial charge in [0.05, 0.1) is 34.5 Å². The molecular formula is C28H21F3N2O4S. The highest BCUT2D eigenvalue weighted by Crippen LogP contribution is 2.33. The Kier molecular flexibility index (Phi) is 6.66. The average Bonchev–Trinajstić information content (AvgIpc) is 3.51. The molecule has 6 nitrogen and oxygen atoms in total. The van der Waals surface area contributed by atoms with Crippen molar-refractivity contribution in [2.24, 2.45) is 4.99 Å². The van der Waals surface area contributed by atoms with Crippen molar-refractivity contribution in [2.75, 3.05) is 7.11 Å². The van der Waals surface area contributed by atoms with Crippen LogP contribution < -0.4 is 14.9 Å². The molecule has 0 N–H and O–H groups in total. The Bertz CT molecular complexity index is 1730. The number of nitrogens with zero attached hydrogens (tertiary/aromatic N) is 2. The zero-order valence-corrected chi connectivity index (χ0v) is 21.1. The number of hydrogen-bond donors (Lipinski definition) is 0. The van der Waals surface area contributed by atoms with Crippen molar-refractivity contribution in [3.05, 3.63) is 115 Å². The minimum Gasteiger partial charge on any atom is -0.466 e. The summed E-state index contributed by atoms with van der Waals surface area (Å²) in [5.41, 5.74) is 0.659. The molecule has 10 heteroatoms. The first kappa shape index (κ1) is 25.5. The Labute approximate surface area is 218 Å². The number of allylic oxidation sites excluding steroid dienone is 1. The zero-order valence-electron chi connectivity index (χ0n) is 20.3. The van der Waals surface area contributed by atoms with E-state index in [1.165, 1.54) is 29.9 Å². The van der Waals surface area contributed by atoms with Gasteiger partial charge < -0.3 is 9.15 Å². The van der Waals surface area contributed by atoms with Gasteiger partial charge in [-0.2, -0.15) is 13.2 Å². The molecule has 2 aromatic heterocycles. The molecule has 1 aliphatic rings. The first-order valence-corrected chi connectivity index (χ1v) is 12.5. The minimum atomic E-state index is -4.48. The van der Waals surface area contributed by atoms with Crippen LogP contribution in [0.1, 0.15) is 36.3 Å². The summed E-state index contributed by atoms with van der Waals surface area (Å²) in [7, 11) is 1.29. The standard InChI is InChI=1S/C28H21F3N2O4S/c1-3-20-23(26(35)36-2)24(16-8-5-4-6-9-16)33-25(34)22(38-27(33)32-20)15-19-12-13-21(37-19)17-10-7-11-18(14-17)28(29,30)31/h4-15,24H,3H2,1-2H3/b22-15+/t24-/m0/s1. The third-order valence-corrected chi connectivity index (χ3v) is 7.12. The van der Waals surface area contributed by atoms with Crippen LogP contribution in [0.3, 0.4) is 0 Å². The minimum absolute atomic E-state index is 0.235. The summed E-state index contributed by atoms with van der Waals surface area (Å²) >= 11 is 1.14. The van der Waals surface area contributed by atoms with Crippen molar-refractivity contribution in [3.63, 3.8) is 0 Å². The van der Waals surface area contributed by atoms with Crippen LogP contribution in [0.5, 0.6) is 0 Å². The lowest BCUT2D eigenvalue weighted by molar-refractivity contribution is -0.138. The lowest BCUT2D eigenvalue weighted by Gasteiger charge is -2.25. The molecule has 1 atom stereocenters. The molecule has 3 heterocycles. The fourth-order valence-electron chi connectivity index (χ4n) is 4.38. The lowest BCUT2D eigenvalue weighted by Crippen LogP contribution is -2.40. The van der Waals surface area contributed by atoms with Crippen LogP contribution in [0.4, 0.5) is 13.2 Å². The second kappa shape index (κ2) is 9.94. The number of carbonyl (C=O) groups excluding carboxylic acids is 1. The Morgan fingerprint density at radius 1 is 1.13 bits per heavy atom. The molecular weight excluding hydrogens is 517 g/mol. The van der Waals surface area contributed by atoms with Gasteiger partial charge in [-0.3, -0.25) is 9.36 Å². The maximum absolute atomic E-state index is 13.6. The van der Waals surface area contributed by atoms with Crippen LogP contribution in [-0.4, -0.2) is 17.6 Å². The first-order valence-electron chi connectivity index (χ1n) is 11.7. The molecule has 0 spiro atoms. The van der Waals surface area contributed by atoms with Gasteiger partial charge in [0.1, 0.15) is 11.5 Å². The number of alkyl halides is 3. The number of aromatic nitrogens is 1. The molecule has 2 aromatic carbocycles. The quantitative estimate of drug-likeness (QED) is 0.333. The highest BCUT2D eigenvalue weighted by Gasteiger charge is 2.34. The van der Waals surface area contributed by atoms with Gasteiger partial charge in [-0.05, 0) is 36.2 Å². The second-order valence-corrected chi connectivity index (χ2v) is 9.49. The number of rotatable bonds is 5. The number of carbonyl (C=O) groups is 1. The van der Waals surface area contributed by atoms with E-state index in [0.717, 1.165) is 29.0 Å². The molecule has 0 aliphatic carbocycles. The van der Waals surface area contributed by atoms with Gasteiger partial charge in [0, 0.05) is 11.6 Å². The van der Waals surface area contributed by atoms with Gasteiger partial charge in [0.2, 0.25) is 0 Å². The smallest absolute Gasteiger partial charge is 0.416 e. The van der Waals surface area contributed by atoms with E-state index in [-0.39, 0.29) is 16.9 Å². The number of esters is 1. The van der Waals surface area contributed by atoms with Gasteiger partial charge in [-0.25, -0.2) is 9.79 Å². The van der Waals surface area contributed by atoms with Crippen LogP contribution in [-0.2, 0) is 15.7 Å². The molecule has 0 radical (unpaired) electrons. The van der Waals surface area contributed by atoms with Gasteiger partial charge in [0.15, 0.2) is 4.80 Å². The molecule has 0 bridgehead atoms. The maximum atomic E-state index is 13.6. The van der Waals surface area contributed by atoms with E-state index in [1.807, 2.05) is 37.3 Å².